The largest absolute Gasteiger partial charge is 0.421 e. The van der Waals surface area contributed by atoms with Gasteiger partial charge in [0, 0.05) is 50.0 Å². The number of carbonyl (C=O) groups excluding carboxylic acids is 2. The Morgan fingerprint density at radius 1 is 1.08 bits per heavy atom. The molecule has 38 heavy (non-hydrogen) atoms. The number of ether oxygens (including phenoxy) is 1. The number of hydrogen-bond acceptors (Lipinski definition) is 7. The van der Waals surface area contributed by atoms with Crippen LogP contribution in [0.4, 0.5) is 19.3 Å². The molecule has 8 nitrogen and oxygen atoms in total. The SMILES string of the molecule is CN1CCN(CCCN(C(=O)OC=O)c2cccc(Cn3nc(-c4cc(F)cc(F)c4)ccc3=S)c2)CC1. The van der Waals surface area contributed by atoms with E-state index in [1.807, 2.05) is 6.07 Å². The lowest BCUT2D eigenvalue weighted by Gasteiger charge is -2.32. The van der Waals surface area contributed by atoms with E-state index < -0.39 is 17.7 Å². The summed E-state index contributed by atoms with van der Waals surface area (Å²) in [4.78, 5) is 29.6. The van der Waals surface area contributed by atoms with Crippen molar-refractivity contribution in [1.29, 1.82) is 0 Å². The van der Waals surface area contributed by atoms with E-state index >= 15 is 0 Å². The normalized spacial score (nSPS) is 14.3. The lowest BCUT2D eigenvalue weighted by atomic mass is 10.1. The molecule has 3 aromatic rings. The number of likely N-dealkylation sites (N-methyl/N-ethyl adjacent to an activating group) is 1. The summed E-state index contributed by atoms with van der Waals surface area (Å²) in [5.41, 5.74) is 2.02. The fourth-order valence-corrected chi connectivity index (χ4v) is 4.54. The van der Waals surface area contributed by atoms with Crippen molar-refractivity contribution in [2.45, 2.75) is 13.0 Å². The molecule has 0 unspecified atom stereocenters. The number of nitrogens with zero attached hydrogens (tertiary/aromatic N) is 5. The Morgan fingerprint density at radius 2 is 1.82 bits per heavy atom. The zero-order chi connectivity index (χ0) is 27.1. The minimum atomic E-state index is -0.750. The Labute approximate surface area is 225 Å². The summed E-state index contributed by atoms with van der Waals surface area (Å²) >= 11 is 5.42. The van der Waals surface area contributed by atoms with Gasteiger partial charge in [0.15, 0.2) is 0 Å². The highest BCUT2D eigenvalue weighted by Crippen LogP contribution is 2.22. The van der Waals surface area contributed by atoms with Gasteiger partial charge in [0.1, 0.15) is 16.3 Å². The van der Waals surface area contributed by atoms with Crippen molar-refractivity contribution >= 4 is 30.5 Å². The maximum Gasteiger partial charge on any atom is 0.421 e. The highest BCUT2D eigenvalue weighted by atomic mass is 32.1. The van der Waals surface area contributed by atoms with E-state index in [1.54, 1.807) is 35.0 Å². The van der Waals surface area contributed by atoms with Crippen molar-refractivity contribution in [3.8, 4) is 11.3 Å². The van der Waals surface area contributed by atoms with Gasteiger partial charge < -0.3 is 14.5 Å². The molecule has 1 saturated heterocycles. The van der Waals surface area contributed by atoms with Crippen LogP contribution in [0, 0.1) is 16.3 Å². The average Bonchev–Trinajstić information content (AvgIpc) is 2.88. The first-order chi connectivity index (χ1) is 18.3. The molecule has 1 aliphatic rings. The van der Waals surface area contributed by atoms with Crippen LogP contribution in [0.3, 0.4) is 0 Å². The number of piperazine rings is 1. The summed E-state index contributed by atoms with van der Waals surface area (Å²) in [6.45, 7) is 5.54. The predicted octanol–water partition coefficient (Wildman–Crippen LogP) is 4.34. The standard InChI is InChI=1S/C27H29F2N5O3S/c1-31-10-12-32(13-11-31)8-3-9-33(27(36)37-19-35)24-5-2-4-20(14-24)18-34-26(38)7-6-25(30-34)21-15-22(28)17-23(29)16-21/h2,4-7,14-17,19H,3,8-13,18H2,1H3. The van der Waals surface area contributed by atoms with Gasteiger partial charge in [0.2, 0.25) is 0 Å². The van der Waals surface area contributed by atoms with Gasteiger partial charge in [0.05, 0.1) is 12.2 Å². The van der Waals surface area contributed by atoms with Crippen molar-refractivity contribution in [1.82, 2.24) is 19.6 Å². The fourth-order valence-electron chi connectivity index (χ4n) is 4.37. The molecule has 0 atom stereocenters. The smallest absolute Gasteiger partial charge is 0.378 e. The lowest BCUT2D eigenvalue weighted by molar-refractivity contribution is -0.123. The second-order valence-corrected chi connectivity index (χ2v) is 9.59. The maximum atomic E-state index is 13.7. The van der Waals surface area contributed by atoms with E-state index in [-0.39, 0.29) is 13.0 Å². The van der Waals surface area contributed by atoms with Gasteiger partial charge in [-0.25, -0.2) is 18.3 Å². The molecule has 200 valence electrons. The second-order valence-electron chi connectivity index (χ2n) is 9.17. The molecule has 0 radical (unpaired) electrons. The molecule has 1 aromatic heterocycles. The molecule has 0 N–H and O–H groups in total. The lowest BCUT2D eigenvalue weighted by Crippen LogP contribution is -2.45. The highest BCUT2D eigenvalue weighted by Gasteiger charge is 2.19. The van der Waals surface area contributed by atoms with Crippen molar-refractivity contribution in [3.05, 3.63) is 76.4 Å². The molecule has 4 rings (SSSR count). The van der Waals surface area contributed by atoms with Gasteiger partial charge in [0.25, 0.3) is 0 Å². The molecule has 1 aliphatic heterocycles. The molecular formula is C27H29F2N5O3S. The van der Waals surface area contributed by atoms with Crippen LogP contribution in [-0.4, -0.2) is 78.5 Å². The van der Waals surface area contributed by atoms with Crippen molar-refractivity contribution in [3.63, 3.8) is 0 Å². The number of anilines is 1. The Balaban J connectivity index is 1.51. The second kappa shape index (κ2) is 12.8. The highest BCUT2D eigenvalue weighted by molar-refractivity contribution is 7.71. The van der Waals surface area contributed by atoms with Crippen LogP contribution < -0.4 is 4.90 Å². The molecule has 0 saturated carbocycles. The summed E-state index contributed by atoms with van der Waals surface area (Å²) < 4.78 is 34.1. The van der Waals surface area contributed by atoms with Crippen LogP contribution in [0.15, 0.2) is 54.6 Å². The van der Waals surface area contributed by atoms with E-state index in [1.165, 1.54) is 17.0 Å². The van der Waals surface area contributed by atoms with Crippen LogP contribution in [-0.2, 0) is 16.1 Å². The van der Waals surface area contributed by atoms with E-state index in [0.29, 0.717) is 34.6 Å². The van der Waals surface area contributed by atoms with Crippen LogP contribution >= 0.6 is 12.2 Å². The Kier molecular flexibility index (Phi) is 9.27. The molecule has 11 heteroatoms. The van der Waals surface area contributed by atoms with Crippen LogP contribution in [0.2, 0.25) is 0 Å². The quantitative estimate of drug-likeness (QED) is 0.227. The van der Waals surface area contributed by atoms with Crippen LogP contribution in [0.1, 0.15) is 12.0 Å². The van der Waals surface area contributed by atoms with E-state index in [4.69, 9.17) is 12.2 Å². The number of halogens is 2. The molecule has 0 bridgehead atoms. The number of hydrogen-bond donors (Lipinski definition) is 0. The molecule has 0 aliphatic carbocycles. The van der Waals surface area contributed by atoms with E-state index in [9.17, 15) is 18.4 Å². The molecule has 0 spiro atoms. The monoisotopic (exact) mass is 541 g/mol. The number of benzene rings is 2. The molecule has 2 heterocycles. The third-order valence-electron chi connectivity index (χ3n) is 6.40. The Hall–Kier alpha value is -3.54. The Morgan fingerprint density at radius 3 is 2.53 bits per heavy atom. The Bertz CT molecular complexity index is 1320. The zero-order valence-electron chi connectivity index (χ0n) is 21.1. The summed E-state index contributed by atoms with van der Waals surface area (Å²) in [5.74, 6) is -1.39. The summed E-state index contributed by atoms with van der Waals surface area (Å²) in [7, 11) is 2.10. The van der Waals surface area contributed by atoms with Gasteiger partial charge >= 0.3 is 12.6 Å². The van der Waals surface area contributed by atoms with E-state index in [2.05, 4.69) is 26.7 Å². The molecule has 1 amide bonds. The van der Waals surface area contributed by atoms with Crippen molar-refractivity contribution in [2.24, 2.45) is 0 Å². The number of rotatable bonds is 9. The van der Waals surface area contributed by atoms with Crippen LogP contribution in [0.25, 0.3) is 11.3 Å². The van der Waals surface area contributed by atoms with Gasteiger partial charge in [-0.15, -0.1) is 0 Å². The van der Waals surface area contributed by atoms with Gasteiger partial charge in [-0.3, -0.25) is 9.69 Å². The molecule has 2 aromatic carbocycles. The third kappa shape index (κ3) is 7.27. The summed E-state index contributed by atoms with van der Waals surface area (Å²) in [6.07, 6.45) is -0.0406. The van der Waals surface area contributed by atoms with Crippen molar-refractivity contribution < 1.29 is 23.1 Å². The topological polar surface area (TPSA) is 70.9 Å². The average molecular weight is 542 g/mol. The number of aromatic nitrogens is 2. The number of amides is 1. The predicted molar refractivity (Wildman–Crippen MR) is 142 cm³/mol. The number of carbonyl (C=O) groups is 2. The third-order valence-corrected chi connectivity index (χ3v) is 6.75. The summed E-state index contributed by atoms with van der Waals surface area (Å²) in [6, 6.07) is 13.7. The zero-order valence-corrected chi connectivity index (χ0v) is 21.9. The van der Waals surface area contributed by atoms with Crippen molar-refractivity contribution in [2.75, 3.05) is 51.2 Å². The first-order valence-electron chi connectivity index (χ1n) is 12.3. The van der Waals surface area contributed by atoms with Gasteiger partial charge in [-0.1, -0.05) is 24.4 Å². The fraction of sp³-hybridized carbons (Fsp3) is 0.333. The first-order valence-corrected chi connectivity index (χ1v) is 12.7. The minimum absolute atomic E-state index is 0.129. The molecule has 1 fully saturated rings. The molecular weight excluding hydrogens is 512 g/mol. The van der Waals surface area contributed by atoms with E-state index in [0.717, 1.165) is 44.4 Å². The van der Waals surface area contributed by atoms with Gasteiger partial charge in [-0.2, -0.15) is 5.10 Å². The van der Waals surface area contributed by atoms with Gasteiger partial charge in [-0.05, 0) is 62.0 Å². The maximum absolute atomic E-state index is 13.7. The minimum Gasteiger partial charge on any atom is -0.378 e. The summed E-state index contributed by atoms with van der Waals surface area (Å²) in [5, 5.41) is 4.48. The first kappa shape index (κ1) is 27.5. The van der Waals surface area contributed by atoms with Crippen LogP contribution in [0.5, 0.6) is 0 Å².